The number of hydrogen-bond donors (Lipinski definition) is 1. The fraction of sp³-hybridized carbons (Fsp3) is 0.200. The summed E-state index contributed by atoms with van der Waals surface area (Å²) in [5, 5.41) is 11.7. The van der Waals surface area contributed by atoms with Gasteiger partial charge < -0.3 is 14.8 Å². The lowest BCUT2D eigenvalue weighted by Crippen LogP contribution is -2.17. The molecule has 3 rings (SSSR count). The number of benzene rings is 2. The van der Waals surface area contributed by atoms with Gasteiger partial charge in [-0.1, -0.05) is 23.7 Å². The van der Waals surface area contributed by atoms with Gasteiger partial charge in [-0.15, -0.1) is 0 Å². The minimum atomic E-state index is -4.65. The molecule has 0 aliphatic carbocycles. The van der Waals surface area contributed by atoms with Crippen LogP contribution in [0.2, 0.25) is 5.02 Å². The van der Waals surface area contributed by atoms with Gasteiger partial charge in [0.2, 0.25) is 0 Å². The van der Waals surface area contributed by atoms with Crippen LogP contribution in [0.3, 0.4) is 0 Å². The van der Waals surface area contributed by atoms with Crippen LogP contribution in [0, 0.1) is 11.3 Å². The molecule has 29 heavy (non-hydrogen) atoms. The summed E-state index contributed by atoms with van der Waals surface area (Å²) in [4.78, 5) is 12.4. The van der Waals surface area contributed by atoms with E-state index in [0.29, 0.717) is 36.7 Å². The minimum Gasteiger partial charge on any atom is -0.489 e. The predicted octanol–water partition coefficient (Wildman–Crippen LogP) is 5.07. The Balaban J connectivity index is 1.90. The molecule has 1 amide bonds. The number of nitriles is 1. The van der Waals surface area contributed by atoms with Crippen LogP contribution in [0.15, 0.2) is 42.0 Å². The van der Waals surface area contributed by atoms with E-state index in [2.05, 4.69) is 5.32 Å². The number of alkyl halides is 3. The van der Waals surface area contributed by atoms with Gasteiger partial charge in [-0.05, 0) is 35.9 Å². The smallest absolute Gasteiger partial charge is 0.418 e. The number of amides is 1. The van der Waals surface area contributed by atoms with E-state index in [-0.39, 0.29) is 5.02 Å². The van der Waals surface area contributed by atoms with Gasteiger partial charge in [0.05, 0.1) is 29.5 Å². The monoisotopic (exact) mass is 422 g/mol. The summed E-state index contributed by atoms with van der Waals surface area (Å²) in [5.74, 6) is -0.253. The van der Waals surface area contributed by atoms with E-state index in [0.717, 1.165) is 12.1 Å². The van der Waals surface area contributed by atoms with Crippen molar-refractivity contribution in [2.45, 2.75) is 12.6 Å². The van der Waals surface area contributed by atoms with E-state index >= 15 is 0 Å². The summed E-state index contributed by atoms with van der Waals surface area (Å²) in [6.45, 7) is 0.850. The van der Waals surface area contributed by atoms with Crippen LogP contribution >= 0.6 is 11.6 Å². The molecule has 150 valence electrons. The van der Waals surface area contributed by atoms with Crippen molar-refractivity contribution in [1.29, 1.82) is 5.26 Å². The van der Waals surface area contributed by atoms with E-state index in [1.807, 2.05) is 0 Å². The van der Waals surface area contributed by atoms with Crippen molar-refractivity contribution in [2.75, 3.05) is 18.5 Å². The van der Waals surface area contributed by atoms with Crippen LogP contribution in [0.1, 0.15) is 17.5 Å². The minimum absolute atomic E-state index is 0.232. The average molecular weight is 423 g/mol. The number of carbonyl (C=O) groups is 1. The van der Waals surface area contributed by atoms with Crippen LogP contribution in [-0.2, 0) is 11.0 Å². The van der Waals surface area contributed by atoms with Gasteiger partial charge >= 0.3 is 6.18 Å². The first kappa shape index (κ1) is 20.6. The summed E-state index contributed by atoms with van der Waals surface area (Å²) < 4.78 is 50.3. The Morgan fingerprint density at radius 2 is 1.93 bits per heavy atom. The molecule has 1 aliphatic rings. The largest absolute Gasteiger partial charge is 0.489 e. The fourth-order valence-electron chi connectivity index (χ4n) is 2.68. The molecule has 2 aromatic rings. The third-order valence-corrected chi connectivity index (χ3v) is 4.26. The van der Waals surface area contributed by atoms with Crippen molar-refractivity contribution < 1.29 is 27.4 Å². The summed E-state index contributed by atoms with van der Waals surface area (Å²) in [6, 6.07) is 9.22. The molecule has 0 aromatic heterocycles. The van der Waals surface area contributed by atoms with Gasteiger partial charge in [0.1, 0.15) is 11.6 Å². The summed E-state index contributed by atoms with van der Waals surface area (Å²) in [7, 11) is 0. The molecule has 0 spiro atoms. The number of halogens is 4. The molecule has 5 nitrogen and oxygen atoms in total. The van der Waals surface area contributed by atoms with Gasteiger partial charge in [-0.25, -0.2) is 0 Å². The summed E-state index contributed by atoms with van der Waals surface area (Å²) in [6.07, 6.45) is -2.77. The molecule has 0 bridgehead atoms. The number of nitrogens with one attached hydrogen (secondary N) is 1. The van der Waals surface area contributed by atoms with Crippen molar-refractivity contribution >= 4 is 29.3 Å². The Morgan fingerprint density at radius 3 is 2.66 bits per heavy atom. The quantitative estimate of drug-likeness (QED) is 0.554. The topological polar surface area (TPSA) is 71.3 Å². The van der Waals surface area contributed by atoms with Crippen LogP contribution in [-0.4, -0.2) is 19.1 Å². The number of anilines is 1. The highest BCUT2D eigenvalue weighted by Gasteiger charge is 2.33. The van der Waals surface area contributed by atoms with Gasteiger partial charge in [-0.2, -0.15) is 18.4 Å². The number of para-hydroxylation sites is 1. The molecule has 2 aromatic carbocycles. The lowest BCUT2D eigenvalue weighted by Gasteiger charge is -2.13. The molecule has 9 heteroatoms. The molecular weight excluding hydrogens is 409 g/mol. The molecule has 1 aliphatic heterocycles. The number of carbonyl (C=O) groups excluding carboxylic acids is 1. The molecular formula is C20H14ClF3N2O3. The second kappa shape index (κ2) is 8.45. The maximum absolute atomic E-state index is 13.1. The molecule has 0 unspecified atom stereocenters. The van der Waals surface area contributed by atoms with E-state index in [1.54, 1.807) is 12.1 Å². The molecule has 1 N–H and O–H groups in total. The second-order valence-electron chi connectivity index (χ2n) is 6.05. The van der Waals surface area contributed by atoms with Gasteiger partial charge in [0, 0.05) is 6.42 Å². The maximum atomic E-state index is 13.1. The fourth-order valence-corrected chi connectivity index (χ4v) is 2.95. The van der Waals surface area contributed by atoms with E-state index in [4.69, 9.17) is 21.1 Å². The summed E-state index contributed by atoms with van der Waals surface area (Å²) >= 11 is 6.18. The zero-order valence-corrected chi connectivity index (χ0v) is 15.6. The van der Waals surface area contributed by atoms with Gasteiger partial charge in [-0.3, -0.25) is 4.79 Å². The van der Waals surface area contributed by atoms with Crippen LogP contribution in [0.25, 0.3) is 6.08 Å². The average Bonchev–Trinajstić information content (AvgIpc) is 2.91. The molecule has 0 saturated heterocycles. The number of hydrogen-bond acceptors (Lipinski definition) is 4. The van der Waals surface area contributed by atoms with Gasteiger partial charge in [0.25, 0.3) is 5.91 Å². The zero-order valence-electron chi connectivity index (χ0n) is 14.8. The highest BCUT2D eigenvalue weighted by molar-refractivity contribution is 6.32. The van der Waals surface area contributed by atoms with Crippen molar-refractivity contribution in [3.63, 3.8) is 0 Å². The highest BCUT2D eigenvalue weighted by Crippen LogP contribution is 2.39. The third-order valence-electron chi connectivity index (χ3n) is 3.98. The van der Waals surface area contributed by atoms with Crippen LogP contribution in [0.4, 0.5) is 18.9 Å². The second-order valence-corrected chi connectivity index (χ2v) is 6.45. The first-order chi connectivity index (χ1) is 13.8. The lowest BCUT2D eigenvalue weighted by atomic mass is 10.1. The first-order valence-electron chi connectivity index (χ1n) is 8.48. The number of rotatable bonds is 3. The summed E-state index contributed by atoms with van der Waals surface area (Å²) in [5.41, 5.74) is -1.48. The molecule has 0 atom stereocenters. The number of ether oxygens (including phenoxy) is 2. The van der Waals surface area contributed by atoms with Crippen LogP contribution < -0.4 is 14.8 Å². The van der Waals surface area contributed by atoms with E-state index < -0.39 is 28.9 Å². The van der Waals surface area contributed by atoms with Crippen molar-refractivity contribution in [3.8, 4) is 17.6 Å². The normalized spacial score (nSPS) is 14.0. The van der Waals surface area contributed by atoms with Gasteiger partial charge in [0.15, 0.2) is 11.5 Å². The third kappa shape index (κ3) is 4.81. The number of nitrogens with zero attached hydrogens (tertiary/aromatic N) is 1. The Labute approximate surface area is 169 Å². The number of fused-ring (bicyclic) bond motifs is 1. The Kier molecular flexibility index (Phi) is 5.99. The molecule has 0 saturated carbocycles. The molecule has 1 heterocycles. The predicted molar refractivity (Wildman–Crippen MR) is 101 cm³/mol. The van der Waals surface area contributed by atoms with E-state index in [1.165, 1.54) is 24.3 Å². The van der Waals surface area contributed by atoms with Crippen LogP contribution in [0.5, 0.6) is 11.5 Å². The Bertz CT molecular complexity index is 1010. The highest BCUT2D eigenvalue weighted by atomic mass is 35.5. The Morgan fingerprint density at radius 1 is 1.21 bits per heavy atom. The van der Waals surface area contributed by atoms with Crippen molar-refractivity contribution in [2.24, 2.45) is 0 Å². The molecule has 0 radical (unpaired) electrons. The Hall–Kier alpha value is -3.18. The standard InChI is InChI=1S/C20H14ClF3N2O3/c21-15-9-12(10-17-18(15)29-7-3-6-28-17)8-13(11-25)19(27)26-16-5-2-1-4-14(16)20(22,23)24/h1-2,4-5,8-10H,3,6-7H2,(H,26,27)/b13-8+. The first-order valence-corrected chi connectivity index (χ1v) is 8.86. The maximum Gasteiger partial charge on any atom is 0.418 e. The lowest BCUT2D eigenvalue weighted by molar-refractivity contribution is -0.137. The SMILES string of the molecule is N#C/C(=C\c1cc(Cl)c2c(c1)OCCCO2)C(=O)Nc1ccccc1C(F)(F)F. The van der Waals surface area contributed by atoms with Crippen molar-refractivity contribution in [3.05, 3.63) is 58.1 Å². The van der Waals surface area contributed by atoms with E-state index in [9.17, 15) is 23.2 Å². The molecule has 0 fully saturated rings. The zero-order chi connectivity index (χ0) is 21.0. The van der Waals surface area contributed by atoms with Crippen molar-refractivity contribution in [1.82, 2.24) is 0 Å².